The average Bonchev–Trinajstić information content (AvgIpc) is 2.06. The third-order valence-electron chi connectivity index (χ3n) is 2.79. The van der Waals surface area contributed by atoms with Crippen molar-refractivity contribution in [3.8, 4) is 0 Å². The fourth-order valence-corrected chi connectivity index (χ4v) is 1.90. The van der Waals surface area contributed by atoms with Crippen molar-refractivity contribution in [2.24, 2.45) is 5.92 Å². The molecule has 0 spiro atoms. The Kier molecular flexibility index (Phi) is 5.45. The van der Waals surface area contributed by atoms with Crippen molar-refractivity contribution in [3.05, 3.63) is 0 Å². The van der Waals surface area contributed by atoms with Gasteiger partial charge in [0.25, 0.3) is 0 Å². The molecule has 3 nitrogen and oxygen atoms in total. The second-order valence-corrected chi connectivity index (χ2v) is 4.54. The summed E-state index contributed by atoms with van der Waals surface area (Å²) in [5, 5.41) is 3.21. The van der Waals surface area contributed by atoms with Gasteiger partial charge in [0, 0.05) is 6.61 Å². The normalized spacial score (nSPS) is 26.6. The van der Waals surface area contributed by atoms with Crippen LogP contribution in [-0.2, 0) is 4.74 Å². The second kappa shape index (κ2) is 6.38. The van der Waals surface area contributed by atoms with Crippen LogP contribution >= 0.6 is 0 Å². The fourth-order valence-electron chi connectivity index (χ4n) is 1.90. The fraction of sp³-hybridized carbons (Fsp3) is 1.00. The molecule has 1 N–H and O–H groups in total. The number of nitrogens with zero attached hydrogens (tertiary/aromatic N) is 1. The Hall–Kier alpha value is -0.120. The number of hydrogen-bond donors (Lipinski definition) is 1. The standard InChI is InChI=1S/C11H24N2O/c1-12-9-10-7-11(8-10)14-6-4-5-13(2)3/h10-12H,4-9H2,1-3H3. The molecule has 0 unspecified atom stereocenters. The van der Waals surface area contributed by atoms with Gasteiger partial charge in [0.2, 0.25) is 0 Å². The molecule has 0 atom stereocenters. The monoisotopic (exact) mass is 200 g/mol. The van der Waals surface area contributed by atoms with Gasteiger partial charge in [-0.25, -0.2) is 0 Å². The summed E-state index contributed by atoms with van der Waals surface area (Å²) in [7, 11) is 6.23. The van der Waals surface area contributed by atoms with E-state index in [1.807, 2.05) is 7.05 Å². The zero-order valence-electron chi connectivity index (χ0n) is 9.75. The van der Waals surface area contributed by atoms with Crippen LogP contribution in [0.2, 0.25) is 0 Å². The quantitative estimate of drug-likeness (QED) is 0.619. The van der Waals surface area contributed by atoms with Gasteiger partial charge in [-0.2, -0.15) is 0 Å². The minimum Gasteiger partial charge on any atom is -0.378 e. The molecule has 1 fully saturated rings. The third-order valence-corrected chi connectivity index (χ3v) is 2.79. The van der Waals surface area contributed by atoms with E-state index in [4.69, 9.17) is 4.74 Å². The molecule has 1 saturated carbocycles. The number of hydrogen-bond acceptors (Lipinski definition) is 3. The summed E-state index contributed by atoms with van der Waals surface area (Å²) < 4.78 is 5.75. The van der Waals surface area contributed by atoms with Gasteiger partial charge in [-0.15, -0.1) is 0 Å². The maximum Gasteiger partial charge on any atom is 0.0581 e. The van der Waals surface area contributed by atoms with Gasteiger partial charge in [0.1, 0.15) is 0 Å². The Morgan fingerprint density at radius 2 is 2.07 bits per heavy atom. The molecule has 0 aromatic rings. The van der Waals surface area contributed by atoms with Crippen molar-refractivity contribution < 1.29 is 4.74 Å². The molecule has 1 rings (SSSR count). The highest BCUT2D eigenvalue weighted by Crippen LogP contribution is 2.29. The molecule has 14 heavy (non-hydrogen) atoms. The molecule has 0 amide bonds. The lowest BCUT2D eigenvalue weighted by Gasteiger charge is -2.35. The van der Waals surface area contributed by atoms with Crippen molar-refractivity contribution in [2.45, 2.75) is 25.4 Å². The van der Waals surface area contributed by atoms with E-state index in [1.54, 1.807) is 0 Å². The predicted octanol–water partition coefficient (Wildman–Crippen LogP) is 0.953. The molecule has 1 aliphatic carbocycles. The highest BCUT2D eigenvalue weighted by Gasteiger charge is 2.28. The van der Waals surface area contributed by atoms with Crippen molar-refractivity contribution in [1.29, 1.82) is 0 Å². The van der Waals surface area contributed by atoms with Crippen LogP contribution in [0.25, 0.3) is 0 Å². The Labute approximate surface area is 87.8 Å². The van der Waals surface area contributed by atoms with Crippen molar-refractivity contribution in [3.63, 3.8) is 0 Å². The smallest absolute Gasteiger partial charge is 0.0581 e. The van der Waals surface area contributed by atoms with E-state index in [9.17, 15) is 0 Å². The van der Waals surface area contributed by atoms with Crippen LogP contribution in [0, 0.1) is 5.92 Å². The summed E-state index contributed by atoms with van der Waals surface area (Å²) in [6, 6.07) is 0. The summed E-state index contributed by atoms with van der Waals surface area (Å²) in [6.07, 6.45) is 4.21. The molecule has 0 saturated heterocycles. The number of nitrogens with one attached hydrogen (secondary N) is 1. The van der Waals surface area contributed by atoms with Gasteiger partial charge in [0.05, 0.1) is 6.10 Å². The molecule has 0 heterocycles. The molecule has 0 aromatic heterocycles. The van der Waals surface area contributed by atoms with Crippen molar-refractivity contribution >= 4 is 0 Å². The Morgan fingerprint density at radius 3 is 2.64 bits per heavy atom. The molecule has 3 heteroatoms. The largest absolute Gasteiger partial charge is 0.378 e. The summed E-state index contributed by atoms with van der Waals surface area (Å²) >= 11 is 0. The first-order valence-corrected chi connectivity index (χ1v) is 5.63. The zero-order chi connectivity index (χ0) is 10.4. The summed E-state index contributed by atoms with van der Waals surface area (Å²) in [5.74, 6) is 0.860. The van der Waals surface area contributed by atoms with Gasteiger partial charge in [0.15, 0.2) is 0 Å². The molecule has 0 aliphatic heterocycles. The highest BCUT2D eigenvalue weighted by molar-refractivity contribution is 4.81. The molecule has 0 radical (unpaired) electrons. The van der Waals surface area contributed by atoms with Crippen molar-refractivity contribution in [1.82, 2.24) is 10.2 Å². The molecule has 0 bridgehead atoms. The van der Waals surface area contributed by atoms with E-state index in [0.29, 0.717) is 6.10 Å². The Morgan fingerprint density at radius 1 is 1.36 bits per heavy atom. The van der Waals surface area contributed by atoms with E-state index in [-0.39, 0.29) is 0 Å². The van der Waals surface area contributed by atoms with Crippen LogP contribution in [0.3, 0.4) is 0 Å². The number of rotatable bonds is 7. The molecular formula is C11H24N2O. The number of ether oxygens (including phenoxy) is 1. The zero-order valence-corrected chi connectivity index (χ0v) is 9.75. The first-order valence-electron chi connectivity index (χ1n) is 5.63. The molecule has 0 aromatic carbocycles. The summed E-state index contributed by atoms with van der Waals surface area (Å²) in [4.78, 5) is 2.20. The summed E-state index contributed by atoms with van der Waals surface area (Å²) in [6.45, 7) is 3.21. The first-order chi connectivity index (χ1) is 6.72. The summed E-state index contributed by atoms with van der Waals surface area (Å²) in [5.41, 5.74) is 0. The minimum atomic E-state index is 0.551. The molecule has 1 aliphatic rings. The van der Waals surface area contributed by atoms with Gasteiger partial charge in [-0.3, -0.25) is 0 Å². The SMILES string of the molecule is CNCC1CC(OCCCN(C)C)C1. The van der Waals surface area contributed by atoms with E-state index in [1.165, 1.54) is 12.8 Å². The Bertz CT molecular complexity index is 144. The van der Waals surface area contributed by atoms with Crippen LogP contribution < -0.4 is 5.32 Å². The van der Waals surface area contributed by atoms with Gasteiger partial charge < -0.3 is 15.0 Å². The van der Waals surface area contributed by atoms with Crippen LogP contribution in [0.1, 0.15) is 19.3 Å². The first kappa shape index (κ1) is 12.0. The van der Waals surface area contributed by atoms with Gasteiger partial charge >= 0.3 is 0 Å². The van der Waals surface area contributed by atoms with Crippen LogP contribution in [0.15, 0.2) is 0 Å². The van der Waals surface area contributed by atoms with E-state index >= 15 is 0 Å². The molecular weight excluding hydrogens is 176 g/mol. The Balaban J connectivity index is 1.86. The third kappa shape index (κ3) is 4.40. The van der Waals surface area contributed by atoms with Gasteiger partial charge in [-0.1, -0.05) is 0 Å². The topological polar surface area (TPSA) is 24.5 Å². The lowest BCUT2D eigenvalue weighted by Crippen LogP contribution is -2.37. The van der Waals surface area contributed by atoms with Gasteiger partial charge in [-0.05, 0) is 59.4 Å². The average molecular weight is 200 g/mol. The van der Waals surface area contributed by atoms with E-state index < -0.39 is 0 Å². The lowest BCUT2D eigenvalue weighted by atomic mass is 9.82. The van der Waals surface area contributed by atoms with Crippen LogP contribution in [0.5, 0.6) is 0 Å². The maximum absolute atomic E-state index is 5.75. The molecule has 84 valence electrons. The second-order valence-electron chi connectivity index (χ2n) is 4.54. The van der Waals surface area contributed by atoms with E-state index in [0.717, 1.165) is 32.0 Å². The lowest BCUT2D eigenvalue weighted by molar-refractivity contribution is -0.0313. The van der Waals surface area contributed by atoms with E-state index in [2.05, 4.69) is 24.3 Å². The van der Waals surface area contributed by atoms with Crippen molar-refractivity contribution in [2.75, 3.05) is 40.8 Å². The van der Waals surface area contributed by atoms with Crippen LogP contribution in [0.4, 0.5) is 0 Å². The highest BCUT2D eigenvalue weighted by atomic mass is 16.5. The maximum atomic E-state index is 5.75. The predicted molar refractivity (Wildman–Crippen MR) is 59.6 cm³/mol. The van der Waals surface area contributed by atoms with Crippen LogP contribution in [-0.4, -0.2) is 51.8 Å². The minimum absolute atomic E-state index is 0.551.